The highest BCUT2D eigenvalue weighted by Crippen LogP contribution is 2.07. The maximum Gasteiger partial charge on any atom is 0.180 e. The van der Waals surface area contributed by atoms with Gasteiger partial charge in [0.25, 0.3) is 0 Å². The van der Waals surface area contributed by atoms with Gasteiger partial charge in [0.2, 0.25) is 0 Å². The molecule has 0 saturated heterocycles. The summed E-state index contributed by atoms with van der Waals surface area (Å²) in [6, 6.07) is 0. The average molecular weight is 194 g/mol. The third kappa shape index (κ3) is 4.54. The summed E-state index contributed by atoms with van der Waals surface area (Å²) in [6.45, 7) is 4.29. The molecule has 0 aromatic rings. The SMILES string of the molecule is CC(O)C(O)OC(C)C(O)C(C)O. The summed E-state index contributed by atoms with van der Waals surface area (Å²) in [5.41, 5.74) is 0. The van der Waals surface area contributed by atoms with Gasteiger partial charge in [0.05, 0.1) is 12.2 Å². The number of aliphatic hydroxyl groups excluding tert-OH is 4. The van der Waals surface area contributed by atoms with Crippen molar-refractivity contribution in [2.45, 2.75) is 51.5 Å². The smallest absolute Gasteiger partial charge is 0.180 e. The van der Waals surface area contributed by atoms with Crippen molar-refractivity contribution in [3.63, 3.8) is 0 Å². The third-order valence-electron chi connectivity index (χ3n) is 1.74. The number of hydrogen-bond acceptors (Lipinski definition) is 5. The molecule has 4 N–H and O–H groups in total. The molecular weight excluding hydrogens is 176 g/mol. The lowest BCUT2D eigenvalue weighted by Gasteiger charge is -2.25. The normalized spacial score (nSPS) is 23.3. The summed E-state index contributed by atoms with van der Waals surface area (Å²) in [6.07, 6.45) is -5.11. The highest BCUT2D eigenvalue weighted by atomic mass is 16.6. The van der Waals surface area contributed by atoms with Crippen LogP contribution in [0, 0.1) is 0 Å². The van der Waals surface area contributed by atoms with Crippen LogP contribution < -0.4 is 0 Å². The minimum absolute atomic E-state index is 0.732. The zero-order valence-corrected chi connectivity index (χ0v) is 8.08. The van der Waals surface area contributed by atoms with Gasteiger partial charge in [-0.25, -0.2) is 0 Å². The number of hydrogen-bond donors (Lipinski definition) is 4. The molecule has 0 aromatic heterocycles. The lowest BCUT2D eigenvalue weighted by molar-refractivity contribution is -0.206. The van der Waals surface area contributed by atoms with Crippen molar-refractivity contribution in [3.05, 3.63) is 0 Å². The largest absolute Gasteiger partial charge is 0.391 e. The summed E-state index contributed by atoms with van der Waals surface area (Å²) in [5.74, 6) is 0. The minimum atomic E-state index is -1.34. The average Bonchev–Trinajstić information content (AvgIpc) is 2.02. The van der Waals surface area contributed by atoms with Gasteiger partial charge in [0.1, 0.15) is 12.2 Å². The monoisotopic (exact) mass is 194 g/mol. The first-order chi connectivity index (χ1) is 5.86. The first kappa shape index (κ1) is 12.8. The maximum atomic E-state index is 9.26. The van der Waals surface area contributed by atoms with Gasteiger partial charge in [-0.05, 0) is 20.8 Å². The van der Waals surface area contributed by atoms with Gasteiger partial charge < -0.3 is 25.2 Å². The molecule has 0 heterocycles. The molecule has 0 aromatic carbocycles. The molecule has 0 radical (unpaired) electrons. The van der Waals surface area contributed by atoms with Gasteiger partial charge in [0.15, 0.2) is 6.29 Å². The van der Waals surface area contributed by atoms with Crippen molar-refractivity contribution in [1.29, 1.82) is 0 Å². The molecule has 13 heavy (non-hydrogen) atoms. The molecule has 0 bridgehead atoms. The number of aliphatic hydroxyl groups is 4. The Bertz CT molecular complexity index is 136. The molecule has 0 rings (SSSR count). The van der Waals surface area contributed by atoms with Crippen LogP contribution >= 0.6 is 0 Å². The van der Waals surface area contributed by atoms with Crippen molar-refractivity contribution in [2.24, 2.45) is 0 Å². The first-order valence-electron chi connectivity index (χ1n) is 4.24. The molecular formula is C8H18O5. The second-order valence-corrected chi connectivity index (χ2v) is 3.20. The summed E-state index contributed by atoms with van der Waals surface area (Å²) >= 11 is 0. The molecule has 0 aliphatic heterocycles. The molecule has 5 heteroatoms. The molecule has 0 aliphatic rings. The Balaban J connectivity index is 3.92. The third-order valence-corrected chi connectivity index (χ3v) is 1.74. The Kier molecular flexibility index (Phi) is 5.43. The summed E-state index contributed by atoms with van der Waals surface area (Å²) in [4.78, 5) is 0. The Morgan fingerprint density at radius 3 is 1.62 bits per heavy atom. The van der Waals surface area contributed by atoms with Crippen LogP contribution in [0.5, 0.6) is 0 Å². The first-order valence-corrected chi connectivity index (χ1v) is 4.24. The van der Waals surface area contributed by atoms with E-state index in [1.165, 1.54) is 20.8 Å². The molecule has 0 amide bonds. The summed E-state index contributed by atoms with van der Waals surface area (Å²) < 4.78 is 4.83. The van der Waals surface area contributed by atoms with Crippen molar-refractivity contribution < 1.29 is 25.2 Å². The second kappa shape index (κ2) is 5.51. The van der Waals surface area contributed by atoms with E-state index in [-0.39, 0.29) is 0 Å². The van der Waals surface area contributed by atoms with Crippen LogP contribution in [0.2, 0.25) is 0 Å². The second-order valence-electron chi connectivity index (χ2n) is 3.20. The molecule has 5 nitrogen and oxygen atoms in total. The van der Waals surface area contributed by atoms with E-state index in [1.54, 1.807) is 0 Å². The summed E-state index contributed by atoms with van der Waals surface area (Å²) in [5, 5.41) is 36.2. The van der Waals surface area contributed by atoms with Crippen LogP contribution in [0.25, 0.3) is 0 Å². The van der Waals surface area contributed by atoms with Gasteiger partial charge in [-0.2, -0.15) is 0 Å². The molecule has 80 valence electrons. The van der Waals surface area contributed by atoms with E-state index in [4.69, 9.17) is 20.1 Å². The van der Waals surface area contributed by atoms with Crippen LogP contribution in [0.1, 0.15) is 20.8 Å². The van der Waals surface area contributed by atoms with E-state index in [2.05, 4.69) is 0 Å². The fourth-order valence-electron chi connectivity index (χ4n) is 0.806. The van der Waals surface area contributed by atoms with E-state index < -0.39 is 30.7 Å². The molecule has 0 spiro atoms. The van der Waals surface area contributed by atoms with E-state index in [0.717, 1.165) is 0 Å². The van der Waals surface area contributed by atoms with Gasteiger partial charge in [-0.1, -0.05) is 0 Å². The zero-order chi connectivity index (χ0) is 10.6. The topological polar surface area (TPSA) is 90.2 Å². The number of ether oxygens (including phenoxy) is 1. The van der Waals surface area contributed by atoms with Crippen LogP contribution in [-0.2, 0) is 4.74 Å². The Morgan fingerprint density at radius 2 is 1.31 bits per heavy atom. The summed E-state index contributed by atoms with van der Waals surface area (Å²) in [7, 11) is 0. The molecule has 5 unspecified atom stereocenters. The lowest BCUT2D eigenvalue weighted by atomic mass is 10.1. The standard InChI is InChI=1S/C8H18O5/c1-4(9)7(11)6(3)13-8(12)5(2)10/h4-12H,1-3H3. The van der Waals surface area contributed by atoms with Crippen LogP contribution in [0.3, 0.4) is 0 Å². The van der Waals surface area contributed by atoms with E-state index in [1.807, 2.05) is 0 Å². The van der Waals surface area contributed by atoms with Gasteiger partial charge in [0, 0.05) is 0 Å². The predicted octanol–water partition coefficient (Wildman–Crippen LogP) is -1.17. The quantitative estimate of drug-likeness (QED) is 0.414. The maximum absolute atomic E-state index is 9.26. The van der Waals surface area contributed by atoms with Gasteiger partial charge >= 0.3 is 0 Å². The van der Waals surface area contributed by atoms with Gasteiger partial charge in [-0.3, -0.25) is 0 Å². The molecule has 0 aliphatic carbocycles. The Morgan fingerprint density at radius 1 is 0.846 bits per heavy atom. The van der Waals surface area contributed by atoms with Gasteiger partial charge in [-0.15, -0.1) is 0 Å². The predicted molar refractivity (Wildman–Crippen MR) is 45.9 cm³/mol. The van der Waals surface area contributed by atoms with Crippen molar-refractivity contribution in [2.75, 3.05) is 0 Å². The fourth-order valence-corrected chi connectivity index (χ4v) is 0.806. The van der Waals surface area contributed by atoms with Crippen LogP contribution in [0.4, 0.5) is 0 Å². The van der Waals surface area contributed by atoms with Crippen LogP contribution in [0.15, 0.2) is 0 Å². The highest BCUT2D eigenvalue weighted by Gasteiger charge is 2.24. The van der Waals surface area contributed by atoms with E-state index in [0.29, 0.717) is 0 Å². The Hall–Kier alpha value is -0.200. The molecule has 0 fully saturated rings. The lowest BCUT2D eigenvalue weighted by Crippen LogP contribution is -2.40. The number of rotatable bonds is 5. The van der Waals surface area contributed by atoms with E-state index >= 15 is 0 Å². The van der Waals surface area contributed by atoms with Crippen molar-refractivity contribution >= 4 is 0 Å². The fraction of sp³-hybridized carbons (Fsp3) is 1.00. The molecule has 5 atom stereocenters. The van der Waals surface area contributed by atoms with Crippen molar-refractivity contribution in [3.8, 4) is 0 Å². The minimum Gasteiger partial charge on any atom is -0.391 e. The van der Waals surface area contributed by atoms with E-state index in [9.17, 15) is 5.11 Å². The highest BCUT2D eigenvalue weighted by molar-refractivity contribution is 4.70. The molecule has 0 saturated carbocycles. The van der Waals surface area contributed by atoms with Crippen molar-refractivity contribution in [1.82, 2.24) is 0 Å². The zero-order valence-electron chi connectivity index (χ0n) is 8.08. The Labute approximate surface area is 77.6 Å². The van der Waals surface area contributed by atoms with Crippen LogP contribution in [-0.4, -0.2) is 51.1 Å².